The summed E-state index contributed by atoms with van der Waals surface area (Å²) in [6.07, 6.45) is 0.342. The van der Waals surface area contributed by atoms with Gasteiger partial charge < -0.3 is 9.84 Å². The smallest absolute Gasteiger partial charge is 0.0813 e. The van der Waals surface area contributed by atoms with Crippen LogP contribution >= 0.6 is 0 Å². The van der Waals surface area contributed by atoms with Gasteiger partial charge in [0.25, 0.3) is 0 Å². The Hall–Kier alpha value is -1.37. The molecule has 0 spiro atoms. The summed E-state index contributed by atoms with van der Waals surface area (Å²) in [6, 6.07) is 11.2. The van der Waals surface area contributed by atoms with Gasteiger partial charge in [-0.3, -0.25) is 0 Å². The molecule has 0 aromatic heterocycles. The summed E-state index contributed by atoms with van der Waals surface area (Å²) in [7, 11) is 0. The summed E-state index contributed by atoms with van der Waals surface area (Å²) in [5.41, 5.74) is 2.17. The van der Waals surface area contributed by atoms with Gasteiger partial charge >= 0.3 is 0 Å². The first-order valence-electron chi connectivity index (χ1n) is 7.09. The highest BCUT2D eigenvalue weighted by Crippen LogP contribution is 2.94. The van der Waals surface area contributed by atoms with Gasteiger partial charge in [0.05, 0.1) is 30.3 Å². The Kier molecular flexibility index (Phi) is 1.17. The van der Waals surface area contributed by atoms with E-state index in [4.69, 9.17) is 4.74 Å². The van der Waals surface area contributed by atoms with Crippen LogP contribution in [0.3, 0.4) is 0 Å². The largest absolute Gasteiger partial charge is 0.396 e. The van der Waals surface area contributed by atoms with Gasteiger partial charge in [0.2, 0.25) is 0 Å². The Morgan fingerprint density at radius 2 is 2.05 bits per heavy atom. The van der Waals surface area contributed by atoms with Crippen molar-refractivity contribution >= 4 is 0 Å². The maximum atomic E-state index is 9.93. The molecule has 0 radical (unpaired) electrons. The van der Waals surface area contributed by atoms with Crippen molar-refractivity contribution in [3.8, 4) is 6.07 Å². The first kappa shape index (κ1) is 9.52. The highest BCUT2D eigenvalue weighted by Gasteiger charge is 2.98. The van der Waals surface area contributed by atoms with Crippen LogP contribution < -0.4 is 0 Å². The SMILES string of the molecule is N#C[C@]12[C@@H]3[C@@H]4c5ccccc5[C@H]1[C@H]1O[C@@H]4[C@@H]3[C@]12CO. The molecule has 19 heavy (non-hydrogen) atoms. The topological polar surface area (TPSA) is 53.2 Å². The van der Waals surface area contributed by atoms with Crippen LogP contribution in [-0.2, 0) is 4.74 Å². The Labute approximate surface area is 110 Å². The number of rotatable bonds is 1. The summed E-state index contributed by atoms with van der Waals surface area (Å²) in [4.78, 5) is 0. The number of ether oxygens (including phenoxy) is 1. The molecular weight excluding hydrogens is 238 g/mol. The van der Waals surface area contributed by atoms with E-state index in [0.29, 0.717) is 17.8 Å². The minimum Gasteiger partial charge on any atom is -0.396 e. The van der Waals surface area contributed by atoms with Crippen LogP contribution in [0.5, 0.6) is 0 Å². The van der Waals surface area contributed by atoms with Crippen molar-refractivity contribution < 1.29 is 9.84 Å². The van der Waals surface area contributed by atoms with Crippen LogP contribution in [0.2, 0.25) is 0 Å². The molecule has 3 heteroatoms. The molecular formula is C16H13NO2. The zero-order chi connectivity index (χ0) is 12.6. The average Bonchev–Trinajstić information content (AvgIpc) is 2.63. The lowest BCUT2D eigenvalue weighted by atomic mass is 9.16. The van der Waals surface area contributed by atoms with Crippen LogP contribution in [0.15, 0.2) is 24.3 Å². The third-order valence-electron chi connectivity index (χ3n) is 7.11. The molecule has 1 aromatic rings. The maximum Gasteiger partial charge on any atom is 0.0813 e. The summed E-state index contributed by atoms with van der Waals surface area (Å²) in [6.45, 7) is 0.119. The maximum absolute atomic E-state index is 9.93. The minimum absolute atomic E-state index is 0.0806. The monoisotopic (exact) mass is 251 g/mol. The van der Waals surface area contributed by atoms with E-state index in [1.807, 2.05) is 0 Å². The van der Waals surface area contributed by atoms with Crippen molar-refractivity contribution in [2.75, 3.05) is 6.61 Å². The summed E-state index contributed by atoms with van der Waals surface area (Å²) < 4.78 is 6.26. The predicted octanol–water partition coefficient (Wildman–Crippen LogP) is 1.40. The molecule has 6 rings (SSSR count). The van der Waals surface area contributed by atoms with Gasteiger partial charge in [-0.25, -0.2) is 0 Å². The van der Waals surface area contributed by atoms with E-state index in [1.54, 1.807) is 0 Å². The highest BCUT2D eigenvalue weighted by atomic mass is 16.5. The van der Waals surface area contributed by atoms with E-state index in [2.05, 4.69) is 30.3 Å². The molecule has 1 heterocycles. The van der Waals surface area contributed by atoms with Gasteiger partial charge in [0.1, 0.15) is 0 Å². The molecule has 94 valence electrons. The Morgan fingerprint density at radius 3 is 2.79 bits per heavy atom. The van der Waals surface area contributed by atoms with Crippen LogP contribution in [0, 0.1) is 34.0 Å². The molecule has 8 atom stereocenters. The molecule has 1 aliphatic heterocycles. The van der Waals surface area contributed by atoms with Gasteiger partial charge in [-0.2, -0.15) is 5.26 Å². The number of nitrogens with zero attached hydrogens (tertiary/aromatic N) is 1. The van der Waals surface area contributed by atoms with Crippen molar-refractivity contribution in [2.24, 2.45) is 22.7 Å². The van der Waals surface area contributed by atoms with E-state index in [0.717, 1.165) is 0 Å². The quantitative estimate of drug-likeness (QED) is 0.820. The van der Waals surface area contributed by atoms with Crippen molar-refractivity contribution in [3.63, 3.8) is 0 Å². The van der Waals surface area contributed by atoms with Crippen molar-refractivity contribution in [2.45, 2.75) is 24.0 Å². The third kappa shape index (κ3) is 0.548. The molecule has 0 amide bonds. The number of hydrogen-bond donors (Lipinski definition) is 1. The second kappa shape index (κ2) is 2.34. The molecule has 1 N–H and O–H groups in total. The molecule has 3 nitrogen and oxygen atoms in total. The first-order chi connectivity index (χ1) is 9.33. The van der Waals surface area contributed by atoms with Crippen molar-refractivity contribution in [1.82, 2.24) is 0 Å². The fraction of sp³-hybridized carbons (Fsp3) is 0.562. The van der Waals surface area contributed by atoms with Gasteiger partial charge in [0.15, 0.2) is 0 Å². The fourth-order valence-electron chi connectivity index (χ4n) is 6.73. The lowest BCUT2D eigenvalue weighted by Gasteiger charge is -2.82. The van der Waals surface area contributed by atoms with Crippen LogP contribution in [0.1, 0.15) is 23.0 Å². The van der Waals surface area contributed by atoms with E-state index >= 15 is 0 Å². The average molecular weight is 251 g/mol. The van der Waals surface area contributed by atoms with E-state index in [1.165, 1.54) is 11.1 Å². The van der Waals surface area contributed by atoms with Crippen LogP contribution in [0.4, 0.5) is 0 Å². The molecule has 5 aliphatic rings. The van der Waals surface area contributed by atoms with Crippen LogP contribution in [-0.4, -0.2) is 23.9 Å². The third-order valence-corrected chi connectivity index (χ3v) is 7.11. The fourth-order valence-corrected chi connectivity index (χ4v) is 6.73. The highest BCUT2D eigenvalue weighted by molar-refractivity contribution is 5.61. The summed E-state index contributed by atoms with van der Waals surface area (Å²) in [5, 5.41) is 19.8. The second-order valence-electron chi connectivity index (χ2n) is 6.88. The first-order valence-corrected chi connectivity index (χ1v) is 7.09. The zero-order valence-electron chi connectivity index (χ0n) is 10.3. The molecule has 0 unspecified atom stereocenters. The molecule has 1 saturated heterocycles. The van der Waals surface area contributed by atoms with Crippen LogP contribution in [0.25, 0.3) is 0 Å². The molecule has 3 saturated carbocycles. The Balaban J connectivity index is 1.71. The number of benzene rings is 1. The van der Waals surface area contributed by atoms with Gasteiger partial charge in [0, 0.05) is 23.2 Å². The Bertz CT molecular complexity index is 694. The molecule has 1 aromatic carbocycles. The predicted molar refractivity (Wildman–Crippen MR) is 65.1 cm³/mol. The van der Waals surface area contributed by atoms with Gasteiger partial charge in [-0.15, -0.1) is 0 Å². The van der Waals surface area contributed by atoms with Crippen molar-refractivity contribution in [3.05, 3.63) is 35.4 Å². The van der Waals surface area contributed by atoms with E-state index in [-0.39, 0.29) is 35.6 Å². The number of fused-ring (bicyclic) bond motifs is 5. The van der Waals surface area contributed by atoms with E-state index < -0.39 is 0 Å². The minimum atomic E-state index is -0.330. The lowest BCUT2D eigenvalue weighted by molar-refractivity contribution is -0.321. The number of nitriles is 1. The second-order valence-corrected chi connectivity index (χ2v) is 6.88. The zero-order valence-corrected chi connectivity index (χ0v) is 10.3. The summed E-state index contributed by atoms with van der Waals surface area (Å²) in [5.74, 6) is 1.49. The Morgan fingerprint density at radius 1 is 1.26 bits per heavy atom. The summed E-state index contributed by atoms with van der Waals surface area (Å²) >= 11 is 0. The molecule has 4 fully saturated rings. The lowest BCUT2D eigenvalue weighted by Crippen LogP contribution is -2.86. The molecule has 4 aliphatic carbocycles. The number of aliphatic hydroxyl groups excluding tert-OH is 1. The standard InChI is InChI=1S/C16H13NO2/c17-5-15-10-8-4-2-1-3-7(8)9-11(15)12-13(9)19-14(10)16(12,15)6-18/h1-4,9-14,18H,6H2/t9-,10-,11+,12+,13-,14+,15+,16+/m0/s1. The van der Waals surface area contributed by atoms with Crippen molar-refractivity contribution in [1.29, 1.82) is 5.26 Å². The number of hydrogen-bond acceptors (Lipinski definition) is 3. The normalized spacial score (nSPS) is 60.2. The van der Waals surface area contributed by atoms with E-state index in [9.17, 15) is 10.4 Å². The number of aliphatic hydroxyl groups is 1. The van der Waals surface area contributed by atoms with Gasteiger partial charge in [-0.05, 0) is 17.0 Å². The van der Waals surface area contributed by atoms with Gasteiger partial charge in [-0.1, -0.05) is 24.3 Å². The molecule has 0 bridgehead atoms.